The topological polar surface area (TPSA) is 3.24 Å². The number of benzene rings is 7. The molecule has 0 unspecified atom stereocenters. The van der Waals surface area contributed by atoms with E-state index in [0.717, 1.165) is 0 Å². The van der Waals surface area contributed by atoms with Crippen LogP contribution in [0.2, 0.25) is 0 Å². The third kappa shape index (κ3) is 3.71. The maximum atomic E-state index is 2.60. The molecule has 0 N–H and O–H groups in total. The summed E-state index contributed by atoms with van der Waals surface area (Å²) in [7, 11) is 0. The van der Waals surface area contributed by atoms with Crippen molar-refractivity contribution in [3.8, 4) is 0 Å². The number of rotatable bonds is 3. The van der Waals surface area contributed by atoms with E-state index in [0.29, 0.717) is 14.5 Å². The van der Waals surface area contributed by atoms with E-state index in [9.17, 15) is 0 Å². The summed E-state index contributed by atoms with van der Waals surface area (Å²) in [4.78, 5) is 2.60. The second-order valence-corrected chi connectivity index (χ2v) is 17.9. The van der Waals surface area contributed by atoms with Crippen LogP contribution in [0.1, 0.15) is 0 Å². The van der Waals surface area contributed by atoms with Gasteiger partial charge in [0.15, 0.2) is 0 Å². The second kappa shape index (κ2) is 9.83. The maximum absolute atomic E-state index is 2.60. The Morgan fingerprint density at radius 3 is 1.36 bits per heavy atom. The molecule has 206 valence electrons. The summed E-state index contributed by atoms with van der Waals surface area (Å²) >= 11 is 0.789. The van der Waals surface area contributed by atoms with Crippen molar-refractivity contribution >= 4 is 129 Å². The average molecular weight is 755 g/mol. The first-order valence-electron chi connectivity index (χ1n) is 14.8. The minimum atomic E-state index is 0.246. The van der Waals surface area contributed by atoms with Gasteiger partial charge in [-0.25, -0.2) is 0 Å². The summed E-state index contributed by atoms with van der Waals surface area (Å²) in [6.07, 6.45) is 0. The molecule has 1 nitrogen and oxygen atoms in total. The van der Waals surface area contributed by atoms with Crippen LogP contribution in [0, 0.1) is 0 Å². The molecule has 0 fully saturated rings. The van der Waals surface area contributed by atoms with Gasteiger partial charge in [0.05, 0.1) is 0 Å². The van der Waals surface area contributed by atoms with Crippen molar-refractivity contribution in [3.05, 3.63) is 140 Å². The number of anilines is 3. The summed E-state index contributed by atoms with van der Waals surface area (Å²) in [6, 6.07) is 52.7. The average Bonchev–Trinajstić information content (AvgIpc) is 3.77. The fraction of sp³-hybridized carbons (Fsp3) is 0. The number of hydrogen-bond acceptors (Lipinski definition) is 1. The van der Waals surface area contributed by atoms with Gasteiger partial charge in [-0.1, -0.05) is 0 Å². The first kappa shape index (κ1) is 25.5. The zero-order valence-corrected chi connectivity index (χ0v) is 28.6. The monoisotopic (exact) mass is 757 g/mol. The van der Waals surface area contributed by atoms with Crippen molar-refractivity contribution < 1.29 is 0 Å². The SMILES string of the molecule is c1ccc2c(c1)[se]c1c(N(c3ccc4ccc5c6ccccc6[se]c5c4c3)c3cccc4c3[se]c3ccccc34)cccc12. The normalized spacial score (nSPS) is 12.1. The first-order chi connectivity index (χ1) is 21.8. The van der Waals surface area contributed by atoms with Crippen molar-refractivity contribution in [2.75, 3.05) is 4.90 Å². The van der Waals surface area contributed by atoms with Crippen LogP contribution in [0.25, 0.3) is 68.7 Å². The van der Waals surface area contributed by atoms with Crippen molar-refractivity contribution in [2.24, 2.45) is 0 Å². The van der Waals surface area contributed by atoms with Crippen molar-refractivity contribution in [2.45, 2.75) is 0 Å². The molecule has 10 aromatic rings. The Kier molecular flexibility index (Phi) is 5.69. The summed E-state index contributed by atoms with van der Waals surface area (Å²) in [5, 5.41) is 11.1. The Balaban J connectivity index is 1.32. The van der Waals surface area contributed by atoms with Gasteiger partial charge < -0.3 is 0 Å². The molecule has 0 amide bonds. The number of hydrogen-bond donors (Lipinski definition) is 0. The zero-order chi connectivity index (χ0) is 28.8. The molecular formula is C40H23NSe3. The van der Waals surface area contributed by atoms with Crippen LogP contribution in [0.15, 0.2) is 140 Å². The first-order valence-corrected chi connectivity index (χ1v) is 19.9. The third-order valence-corrected chi connectivity index (χ3v) is 16.5. The molecule has 0 spiro atoms. The van der Waals surface area contributed by atoms with Gasteiger partial charge in [0, 0.05) is 0 Å². The Morgan fingerprint density at radius 2 is 0.795 bits per heavy atom. The van der Waals surface area contributed by atoms with Gasteiger partial charge >= 0.3 is 274 Å². The molecule has 3 aromatic heterocycles. The third-order valence-electron chi connectivity index (χ3n) is 8.85. The van der Waals surface area contributed by atoms with Crippen molar-refractivity contribution in [1.82, 2.24) is 0 Å². The molecule has 0 aliphatic rings. The predicted molar refractivity (Wildman–Crippen MR) is 194 cm³/mol. The van der Waals surface area contributed by atoms with E-state index in [1.54, 1.807) is 0 Å². The van der Waals surface area contributed by atoms with Gasteiger partial charge in [0.25, 0.3) is 0 Å². The van der Waals surface area contributed by atoms with Crippen LogP contribution in [0.4, 0.5) is 17.1 Å². The van der Waals surface area contributed by atoms with Crippen LogP contribution < -0.4 is 4.90 Å². The van der Waals surface area contributed by atoms with Crippen LogP contribution in [0.5, 0.6) is 0 Å². The summed E-state index contributed by atoms with van der Waals surface area (Å²) in [6.45, 7) is 0. The van der Waals surface area contributed by atoms with Crippen LogP contribution in [-0.2, 0) is 0 Å². The van der Waals surface area contributed by atoms with Gasteiger partial charge in [0.2, 0.25) is 0 Å². The van der Waals surface area contributed by atoms with Gasteiger partial charge in [0.1, 0.15) is 0 Å². The molecule has 0 radical (unpaired) electrons. The van der Waals surface area contributed by atoms with Crippen LogP contribution in [0.3, 0.4) is 0 Å². The quantitative estimate of drug-likeness (QED) is 0.162. The number of nitrogens with zero attached hydrogens (tertiary/aromatic N) is 1. The molecule has 0 bridgehead atoms. The zero-order valence-electron chi connectivity index (χ0n) is 23.5. The molecule has 7 aromatic carbocycles. The van der Waals surface area contributed by atoms with E-state index in [2.05, 4.69) is 144 Å². The summed E-state index contributed by atoms with van der Waals surface area (Å²) in [5.41, 5.74) is 3.89. The Bertz CT molecular complexity index is 2630. The van der Waals surface area contributed by atoms with Gasteiger partial charge in [-0.15, -0.1) is 0 Å². The van der Waals surface area contributed by atoms with E-state index in [1.165, 1.54) is 85.7 Å². The molecule has 44 heavy (non-hydrogen) atoms. The predicted octanol–water partition coefficient (Wildman–Crippen LogP) is 10.4. The molecule has 10 rings (SSSR count). The molecule has 3 heterocycles. The molecule has 0 saturated heterocycles. The Labute approximate surface area is 271 Å². The minimum absolute atomic E-state index is 0.246. The fourth-order valence-electron chi connectivity index (χ4n) is 6.85. The van der Waals surface area contributed by atoms with Crippen molar-refractivity contribution in [1.29, 1.82) is 0 Å². The molecule has 4 heteroatoms. The molecule has 0 aliphatic carbocycles. The standard InChI is InChI=1S/C40H23NSe3/c1-5-17-36-26(9-1)29-12-7-14-33(39(29)43-36)41(34-15-8-13-30-27-10-2-6-18-37(27)44-40(30)34)25-21-19-24-20-22-31-28-11-3-4-16-35(28)42-38(31)32(24)23-25/h1-23H. The summed E-state index contributed by atoms with van der Waals surface area (Å²) in [5.74, 6) is 0. The van der Waals surface area contributed by atoms with E-state index < -0.39 is 0 Å². The van der Waals surface area contributed by atoms with E-state index in [-0.39, 0.29) is 29.0 Å². The van der Waals surface area contributed by atoms with E-state index in [1.807, 2.05) is 0 Å². The molecule has 0 atom stereocenters. The van der Waals surface area contributed by atoms with Crippen LogP contribution in [-0.4, -0.2) is 43.5 Å². The van der Waals surface area contributed by atoms with Gasteiger partial charge in [-0.2, -0.15) is 0 Å². The molecule has 0 aliphatic heterocycles. The fourth-order valence-corrected chi connectivity index (χ4v) is 14.5. The summed E-state index contributed by atoms with van der Waals surface area (Å²) < 4.78 is 8.94. The molecular weight excluding hydrogens is 731 g/mol. The number of fused-ring (bicyclic) bond motifs is 11. The van der Waals surface area contributed by atoms with E-state index in [4.69, 9.17) is 0 Å². The van der Waals surface area contributed by atoms with Gasteiger partial charge in [-0.3, -0.25) is 0 Å². The van der Waals surface area contributed by atoms with E-state index >= 15 is 0 Å². The molecule has 0 saturated carbocycles. The Hall–Kier alpha value is -3.84. The van der Waals surface area contributed by atoms with Gasteiger partial charge in [-0.05, 0) is 0 Å². The second-order valence-electron chi connectivity index (χ2n) is 11.3. The Morgan fingerprint density at radius 1 is 0.341 bits per heavy atom. The van der Waals surface area contributed by atoms with Crippen LogP contribution >= 0.6 is 0 Å². The van der Waals surface area contributed by atoms with Crippen molar-refractivity contribution in [3.63, 3.8) is 0 Å².